The Labute approximate surface area is 182 Å². The van der Waals surface area contributed by atoms with Crippen LogP contribution in [0, 0.1) is 0 Å². The molecule has 2 atom stereocenters. The molecule has 1 heterocycles. The monoisotopic (exact) mass is 437 g/mol. The smallest absolute Gasteiger partial charge is 0.414 e. The Bertz CT molecular complexity index is 814. The molecule has 0 radical (unpaired) electrons. The average molecular weight is 438 g/mol. The van der Waals surface area contributed by atoms with Crippen molar-refractivity contribution in [1.82, 2.24) is 9.80 Å². The van der Waals surface area contributed by atoms with E-state index in [1.165, 1.54) is 4.90 Å². The fourth-order valence-corrected chi connectivity index (χ4v) is 4.32. The second-order valence-electron chi connectivity index (χ2n) is 7.97. The third-order valence-corrected chi connectivity index (χ3v) is 6.37. The van der Waals surface area contributed by atoms with Crippen LogP contribution in [-0.4, -0.2) is 78.1 Å². The molecule has 0 spiro atoms. The number of amides is 1. The maximum absolute atomic E-state index is 13.5. The number of thioether (sulfide) groups is 1. The number of Topliss-reactive ketones (excluding diaryl/α,β-unsaturated/α-hetero) is 1. The molecule has 0 saturated carbocycles. The Morgan fingerprint density at radius 3 is 2.50 bits per heavy atom. The Balaban J connectivity index is 2.37. The highest BCUT2D eigenvalue weighted by atomic mass is 32.2. The van der Waals surface area contributed by atoms with E-state index in [0.717, 1.165) is 12.3 Å². The van der Waals surface area contributed by atoms with Gasteiger partial charge in [-0.25, -0.2) is 4.79 Å². The van der Waals surface area contributed by atoms with Crippen LogP contribution in [0.2, 0.25) is 0 Å². The van der Waals surface area contributed by atoms with Gasteiger partial charge >= 0.3 is 12.1 Å². The molecular weight excluding hydrogens is 406 g/mol. The fourth-order valence-electron chi connectivity index (χ4n) is 3.01. The molecule has 1 aromatic rings. The number of esters is 1. The van der Waals surface area contributed by atoms with Gasteiger partial charge in [0.25, 0.3) is 0 Å². The van der Waals surface area contributed by atoms with E-state index in [-0.39, 0.29) is 29.6 Å². The van der Waals surface area contributed by atoms with E-state index in [9.17, 15) is 14.4 Å². The van der Waals surface area contributed by atoms with E-state index >= 15 is 0 Å². The van der Waals surface area contributed by atoms with E-state index in [0.29, 0.717) is 5.56 Å². The quantitative estimate of drug-likeness (QED) is 0.511. The first-order valence-electron chi connectivity index (χ1n) is 9.83. The lowest BCUT2D eigenvalue weighted by molar-refractivity contribution is -0.148. The van der Waals surface area contributed by atoms with Crippen LogP contribution in [0.3, 0.4) is 0 Å². The second-order valence-corrected chi connectivity index (χ2v) is 9.46. The zero-order valence-electron chi connectivity index (χ0n) is 18.4. The third kappa shape index (κ3) is 5.53. The van der Waals surface area contributed by atoms with Gasteiger partial charge in [0.1, 0.15) is 16.7 Å². The summed E-state index contributed by atoms with van der Waals surface area (Å²) in [5.74, 6) is 0.355. The number of ketones is 1. The summed E-state index contributed by atoms with van der Waals surface area (Å²) < 4.78 is 10.6. The van der Waals surface area contributed by atoms with Crippen molar-refractivity contribution >= 4 is 29.6 Å². The molecule has 166 valence electrons. The van der Waals surface area contributed by atoms with Gasteiger partial charge in [-0.15, -0.1) is 11.8 Å². The predicted molar refractivity (Wildman–Crippen MR) is 117 cm³/mol. The average Bonchev–Trinajstić information content (AvgIpc) is 3.01. The van der Waals surface area contributed by atoms with Crippen LogP contribution in [0.4, 0.5) is 4.79 Å². The summed E-state index contributed by atoms with van der Waals surface area (Å²) in [7, 11) is 5.03. The molecule has 2 rings (SSSR count). The first kappa shape index (κ1) is 24.2. The summed E-state index contributed by atoms with van der Waals surface area (Å²) >= 11 is 1.55. The third-order valence-electron chi connectivity index (χ3n) is 4.92. The van der Waals surface area contributed by atoms with Crippen molar-refractivity contribution in [2.24, 2.45) is 5.73 Å². The number of carbonyl (C=O) groups is 3. The van der Waals surface area contributed by atoms with Gasteiger partial charge in [0, 0.05) is 26.4 Å². The Morgan fingerprint density at radius 1 is 1.30 bits per heavy atom. The van der Waals surface area contributed by atoms with Crippen molar-refractivity contribution in [3.63, 3.8) is 0 Å². The first-order chi connectivity index (χ1) is 14.0. The molecule has 1 aliphatic heterocycles. The first-order valence-corrected chi connectivity index (χ1v) is 10.8. The summed E-state index contributed by atoms with van der Waals surface area (Å²) in [5, 5.41) is 0. The Kier molecular flexibility index (Phi) is 7.90. The Hall–Kier alpha value is -2.10. The van der Waals surface area contributed by atoms with Crippen molar-refractivity contribution in [2.75, 3.05) is 33.4 Å². The van der Waals surface area contributed by atoms with Crippen LogP contribution >= 0.6 is 11.8 Å². The number of carbonyl (C=O) groups excluding carboxylic acids is 3. The number of rotatable bonds is 7. The van der Waals surface area contributed by atoms with E-state index in [1.807, 2.05) is 18.9 Å². The number of benzene rings is 1. The molecule has 30 heavy (non-hydrogen) atoms. The summed E-state index contributed by atoms with van der Waals surface area (Å²) in [6.07, 6.45) is -0.636. The topological polar surface area (TPSA) is 102 Å². The van der Waals surface area contributed by atoms with Crippen LogP contribution in [0.1, 0.15) is 36.7 Å². The van der Waals surface area contributed by atoms with Crippen molar-refractivity contribution in [2.45, 2.75) is 44.2 Å². The van der Waals surface area contributed by atoms with E-state index in [4.69, 9.17) is 15.2 Å². The normalized spacial score (nSPS) is 20.1. The van der Waals surface area contributed by atoms with Gasteiger partial charge in [-0.05, 0) is 51.9 Å². The lowest BCUT2D eigenvalue weighted by Crippen LogP contribution is -2.44. The van der Waals surface area contributed by atoms with Crippen LogP contribution < -0.4 is 10.5 Å². The van der Waals surface area contributed by atoms with Gasteiger partial charge in [-0.2, -0.15) is 0 Å². The SMILES string of the molecule is CC(C)OC(=O)[C@@H](N)Cc1ccc(OC(=O)N(C)C)c(C(=O)[C@]2(C)SCCN2C)c1. The van der Waals surface area contributed by atoms with Crippen LogP contribution in [0.5, 0.6) is 5.75 Å². The molecule has 9 heteroatoms. The summed E-state index contributed by atoms with van der Waals surface area (Å²) in [4.78, 5) is 40.2. The van der Waals surface area contributed by atoms with Crippen molar-refractivity contribution in [1.29, 1.82) is 0 Å². The van der Waals surface area contributed by atoms with E-state index in [1.54, 1.807) is 57.9 Å². The number of ether oxygens (including phenoxy) is 2. The molecule has 1 aromatic carbocycles. The molecule has 0 aromatic heterocycles. The van der Waals surface area contributed by atoms with Crippen molar-refractivity contribution in [3.8, 4) is 5.75 Å². The summed E-state index contributed by atoms with van der Waals surface area (Å²) in [6, 6.07) is 4.07. The highest BCUT2D eigenvalue weighted by Crippen LogP contribution is 2.39. The molecule has 1 aliphatic rings. The zero-order valence-corrected chi connectivity index (χ0v) is 19.2. The molecule has 8 nitrogen and oxygen atoms in total. The highest BCUT2D eigenvalue weighted by Gasteiger charge is 2.43. The minimum Gasteiger partial charge on any atom is -0.462 e. The van der Waals surface area contributed by atoms with E-state index in [2.05, 4.69) is 0 Å². The van der Waals surface area contributed by atoms with Crippen LogP contribution in [0.15, 0.2) is 18.2 Å². The van der Waals surface area contributed by atoms with Gasteiger partial charge in [0.15, 0.2) is 5.78 Å². The van der Waals surface area contributed by atoms with Crippen LogP contribution in [0.25, 0.3) is 0 Å². The van der Waals surface area contributed by atoms with Crippen LogP contribution in [-0.2, 0) is 16.0 Å². The number of likely N-dealkylation sites (N-methyl/N-ethyl adjacent to an activating group) is 1. The predicted octanol–water partition coefficient (Wildman–Crippen LogP) is 2.15. The van der Waals surface area contributed by atoms with Gasteiger partial charge < -0.3 is 20.1 Å². The lowest BCUT2D eigenvalue weighted by Gasteiger charge is -2.30. The molecule has 2 N–H and O–H groups in total. The molecule has 1 fully saturated rings. The van der Waals surface area contributed by atoms with Gasteiger partial charge in [-0.1, -0.05) is 6.07 Å². The molecule has 1 amide bonds. The minimum absolute atomic E-state index is 0.158. The van der Waals surface area contributed by atoms with Gasteiger partial charge in [0.2, 0.25) is 0 Å². The van der Waals surface area contributed by atoms with Gasteiger partial charge in [-0.3, -0.25) is 14.5 Å². The summed E-state index contributed by atoms with van der Waals surface area (Å²) in [6.45, 7) is 6.16. The van der Waals surface area contributed by atoms with Crippen molar-refractivity contribution < 1.29 is 23.9 Å². The standard InChI is InChI=1S/C21H31N3O5S/c1-13(2)28-19(26)16(22)12-14-7-8-17(29-20(27)23(4)5)15(11-14)18(25)21(3)24(6)9-10-30-21/h7-8,11,13,16H,9-10,12,22H2,1-6H3/t16-,21-/m0/s1. The maximum Gasteiger partial charge on any atom is 0.414 e. The van der Waals surface area contributed by atoms with Gasteiger partial charge in [0.05, 0.1) is 11.7 Å². The molecular formula is C21H31N3O5S. The Morgan fingerprint density at radius 2 is 1.97 bits per heavy atom. The largest absolute Gasteiger partial charge is 0.462 e. The molecule has 1 saturated heterocycles. The fraction of sp³-hybridized carbons (Fsp3) is 0.571. The second kappa shape index (κ2) is 9.80. The number of hydrogen-bond donors (Lipinski definition) is 1. The van der Waals surface area contributed by atoms with Crippen molar-refractivity contribution in [3.05, 3.63) is 29.3 Å². The number of nitrogens with two attached hydrogens (primary N) is 1. The lowest BCUT2D eigenvalue weighted by atomic mass is 9.97. The highest BCUT2D eigenvalue weighted by molar-refractivity contribution is 8.01. The molecule has 0 unspecified atom stereocenters. The summed E-state index contributed by atoms with van der Waals surface area (Å²) in [5.41, 5.74) is 6.96. The minimum atomic E-state index is -0.857. The van der Waals surface area contributed by atoms with E-state index < -0.39 is 23.0 Å². The maximum atomic E-state index is 13.5. The zero-order chi connectivity index (χ0) is 22.6. The molecule has 0 bridgehead atoms. The molecule has 0 aliphatic carbocycles. The number of nitrogens with zero attached hydrogens (tertiary/aromatic N) is 2. The number of hydrogen-bond acceptors (Lipinski definition) is 8.